The van der Waals surface area contributed by atoms with E-state index in [1.54, 1.807) is 0 Å². The number of ether oxygens (including phenoxy) is 2. The minimum absolute atomic E-state index is 0.124. The minimum Gasteiger partial charge on any atom is -0.493 e. The third-order valence-electron chi connectivity index (χ3n) is 7.98. The summed E-state index contributed by atoms with van der Waals surface area (Å²) in [6.07, 6.45) is 0.141. The molecule has 50 heavy (non-hydrogen) atoms. The molecular weight excluding hydrogens is 655 g/mol. The first kappa shape index (κ1) is 45.1. The van der Waals surface area contributed by atoms with Gasteiger partial charge in [-0.05, 0) is 90.3 Å². The van der Waals surface area contributed by atoms with E-state index in [9.17, 15) is 0 Å². The van der Waals surface area contributed by atoms with E-state index in [-0.39, 0.29) is 27.8 Å². The van der Waals surface area contributed by atoms with Crippen LogP contribution in [0.5, 0.6) is 11.5 Å². The van der Waals surface area contributed by atoms with Gasteiger partial charge in [-0.1, -0.05) is 184 Å². The zero-order valence-corrected chi connectivity index (χ0v) is 35.5. The molecule has 0 aliphatic heterocycles. The maximum absolute atomic E-state index is 5.99. The summed E-state index contributed by atoms with van der Waals surface area (Å²) in [7, 11) is 0. The van der Waals surface area contributed by atoms with E-state index in [0.29, 0.717) is 11.6 Å². The number of rotatable bonds is 4. The third-order valence-corrected chi connectivity index (χ3v) is 8.70. The fraction of sp³-hybridized carbons (Fsp3) is 0.478. The molecule has 0 saturated heterocycles. The van der Waals surface area contributed by atoms with Gasteiger partial charge in [-0.25, -0.2) is 0 Å². The van der Waals surface area contributed by atoms with Gasteiger partial charge in [0, 0.05) is 5.02 Å². The molecule has 4 aromatic carbocycles. The highest BCUT2D eigenvalue weighted by Gasteiger charge is 2.22. The molecule has 2 nitrogen and oxygen atoms in total. The summed E-state index contributed by atoms with van der Waals surface area (Å²) in [5.74, 6) is 1.60. The van der Waals surface area contributed by atoms with Crippen LogP contribution >= 0.6 is 23.2 Å². The van der Waals surface area contributed by atoms with Crippen LogP contribution in [0.4, 0.5) is 0 Å². The third kappa shape index (κ3) is 18.3. The SMILES string of the molecule is CC(Oc1ccccc1Cl)C(C)(C)C.Cc1ccc(C(C)(C)C)cc1.Cc1ccc(OCC(C)(C)C)cc1Cl.Cc1cccc(C(C)(C)C)c1. The van der Waals surface area contributed by atoms with Crippen molar-refractivity contribution in [1.82, 2.24) is 0 Å². The lowest BCUT2D eigenvalue weighted by atomic mass is 9.86. The van der Waals surface area contributed by atoms with Gasteiger partial charge in [0.15, 0.2) is 0 Å². The average Bonchev–Trinajstić information content (AvgIpc) is 2.98. The topological polar surface area (TPSA) is 18.5 Å². The van der Waals surface area contributed by atoms with Crippen LogP contribution in [0.15, 0.2) is 91.0 Å². The molecular formula is C46H66Cl2O2. The van der Waals surface area contributed by atoms with Crippen LogP contribution in [0.1, 0.15) is 118 Å². The number of hydrogen-bond acceptors (Lipinski definition) is 2. The number of para-hydroxylation sites is 1. The molecule has 4 rings (SSSR count). The Hall–Kier alpha value is -2.94. The predicted octanol–water partition coefficient (Wildman–Crippen LogP) is 14.8. The highest BCUT2D eigenvalue weighted by atomic mass is 35.5. The largest absolute Gasteiger partial charge is 0.493 e. The van der Waals surface area contributed by atoms with Gasteiger partial charge in [0.2, 0.25) is 0 Å². The van der Waals surface area contributed by atoms with E-state index in [4.69, 9.17) is 32.7 Å². The molecule has 1 unspecified atom stereocenters. The summed E-state index contributed by atoms with van der Waals surface area (Å²) in [6, 6.07) is 30.8. The highest BCUT2D eigenvalue weighted by Crippen LogP contribution is 2.29. The smallest absolute Gasteiger partial charge is 0.138 e. The van der Waals surface area contributed by atoms with Gasteiger partial charge in [-0.2, -0.15) is 0 Å². The summed E-state index contributed by atoms with van der Waals surface area (Å²) < 4.78 is 11.4. The fourth-order valence-electron chi connectivity index (χ4n) is 4.04. The van der Waals surface area contributed by atoms with Crippen molar-refractivity contribution in [2.75, 3.05) is 6.61 Å². The summed E-state index contributed by atoms with van der Waals surface area (Å²) in [6.45, 7) is 35.3. The van der Waals surface area contributed by atoms with Crippen molar-refractivity contribution in [3.05, 3.63) is 129 Å². The van der Waals surface area contributed by atoms with E-state index in [2.05, 4.69) is 152 Å². The van der Waals surface area contributed by atoms with Crippen molar-refractivity contribution in [3.8, 4) is 11.5 Å². The van der Waals surface area contributed by atoms with Crippen LogP contribution in [-0.2, 0) is 10.8 Å². The Bertz CT molecular complexity index is 1560. The molecule has 0 heterocycles. The number of halogens is 2. The standard InChI is InChI=1S/2C12H17ClO.2C11H16/c1-9-5-6-10(7-11(9)13)14-8-12(2,3)4;1-9(12(2,3)4)14-11-8-6-5-7-10(11)13;1-9-5-7-10(8-6-9)11(2,3)4;1-9-6-5-7-10(8-9)11(2,3)4/h5-7H,8H2,1-4H3;5-9H,1-4H3;2*5-8H,1-4H3. The normalized spacial score (nSPS) is 12.2. The molecule has 0 spiro atoms. The second-order valence-corrected chi connectivity index (χ2v) is 18.4. The van der Waals surface area contributed by atoms with E-state index >= 15 is 0 Å². The first-order valence-corrected chi connectivity index (χ1v) is 18.5. The van der Waals surface area contributed by atoms with E-state index in [1.165, 1.54) is 22.3 Å². The van der Waals surface area contributed by atoms with E-state index < -0.39 is 0 Å². The van der Waals surface area contributed by atoms with Crippen molar-refractivity contribution in [2.24, 2.45) is 10.8 Å². The Balaban J connectivity index is 0.000000335. The molecule has 0 radical (unpaired) electrons. The van der Waals surface area contributed by atoms with Crippen molar-refractivity contribution in [2.45, 2.75) is 128 Å². The Morgan fingerprint density at radius 2 is 1.12 bits per heavy atom. The van der Waals surface area contributed by atoms with Gasteiger partial charge in [0.05, 0.1) is 11.6 Å². The van der Waals surface area contributed by atoms with Crippen LogP contribution in [0.25, 0.3) is 0 Å². The van der Waals surface area contributed by atoms with E-state index in [0.717, 1.165) is 22.1 Å². The lowest BCUT2D eigenvalue weighted by Crippen LogP contribution is -2.28. The Labute approximate surface area is 316 Å². The summed E-state index contributed by atoms with van der Waals surface area (Å²) in [4.78, 5) is 0. The Morgan fingerprint density at radius 3 is 1.56 bits per heavy atom. The lowest BCUT2D eigenvalue weighted by Gasteiger charge is -2.28. The zero-order valence-electron chi connectivity index (χ0n) is 34.0. The summed E-state index contributed by atoms with van der Waals surface area (Å²) in [5, 5.41) is 1.43. The van der Waals surface area contributed by atoms with Crippen LogP contribution < -0.4 is 9.47 Å². The van der Waals surface area contributed by atoms with Gasteiger partial charge in [0.1, 0.15) is 17.6 Å². The average molecular weight is 722 g/mol. The quantitative estimate of drug-likeness (QED) is 0.209. The molecule has 0 aromatic heterocycles. The van der Waals surface area contributed by atoms with Crippen molar-refractivity contribution in [3.63, 3.8) is 0 Å². The monoisotopic (exact) mass is 720 g/mol. The zero-order chi connectivity index (χ0) is 38.5. The lowest BCUT2D eigenvalue weighted by molar-refractivity contribution is 0.104. The second-order valence-electron chi connectivity index (χ2n) is 17.6. The Kier molecular flexibility index (Phi) is 17.7. The minimum atomic E-state index is 0.124. The van der Waals surface area contributed by atoms with Crippen LogP contribution in [0.3, 0.4) is 0 Å². The molecule has 4 aromatic rings. The van der Waals surface area contributed by atoms with Crippen molar-refractivity contribution >= 4 is 23.2 Å². The fourth-order valence-corrected chi connectivity index (χ4v) is 4.39. The van der Waals surface area contributed by atoms with Crippen molar-refractivity contribution in [1.29, 1.82) is 0 Å². The molecule has 0 amide bonds. The van der Waals surface area contributed by atoms with Crippen molar-refractivity contribution < 1.29 is 9.47 Å². The molecule has 0 aliphatic carbocycles. The van der Waals surface area contributed by atoms with Crippen LogP contribution in [0.2, 0.25) is 10.0 Å². The second kappa shape index (κ2) is 19.6. The highest BCUT2D eigenvalue weighted by molar-refractivity contribution is 6.32. The van der Waals surface area contributed by atoms with Gasteiger partial charge in [-0.15, -0.1) is 0 Å². The molecule has 0 N–H and O–H groups in total. The van der Waals surface area contributed by atoms with Crippen LogP contribution in [0, 0.1) is 31.6 Å². The number of benzene rings is 4. The molecule has 4 heteroatoms. The Morgan fingerprint density at radius 1 is 0.560 bits per heavy atom. The van der Waals surface area contributed by atoms with Gasteiger partial charge < -0.3 is 9.47 Å². The maximum Gasteiger partial charge on any atom is 0.138 e. The van der Waals surface area contributed by atoms with E-state index in [1.807, 2.05) is 49.4 Å². The summed E-state index contributed by atoms with van der Waals surface area (Å²) >= 11 is 12.0. The van der Waals surface area contributed by atoms with Gasteiger partial charge >= 0.3 is 0 Å². The molecule has 0 fully saturated rings. The van der Waals surface area contributed by atoms with Gasteiger partial charge in [0.25, 0.3) is 0 Å². The molecule has 1 atom stereocenters. The first-order valence-electron chi connectivity index (χ1n) is 17.7. The van der Waals surface area contributed by atoms with Crippen LogP contribution in [-0.4, -0.2) is 12.7 Å². The van der Waals surface area contributed by atoms with Gasteiger partial charge in [-0.3, -0.25) is 0 Å². The molecule has 0 saturated carbocycles. The molecule has 276 valence electrons. The number of hydrogen-bond donors (Lipinski definition) is 0. The predicted molar refractivity (Wildman–Crippen MR) is 222 cm³/mol. The summed E-state index contributed by atoms with van der Waals surface area (Å²) in [5.41, 5.74) is 7.45. The molecule has 0 aliphatic rings. The maximum atomic E-state index is 5.99. The molecule has 0 bridgehead atoms. The first-order chi connectivity index (χ1) is 22.8. The number of aryl methyl sites for hydroxylation is 3.